The molecule has 1 atom stereocenters. The van der Waals surface area contributed by atoms with Crippen molar-refractivity contribution in [2.45, 2.75) is 25.6 Å². The number of hydrogen-bond donors (Lipinski definition) is 1. The first-order chi connectivity index (χ1) is 6.80. The van der Waals surface area contributed by atoms with Gasteiger partial charge in [0.15, 0.2) is 0 Å². The van der Waals surface area contributed by atoms with E-state index in [1.54, 1.807) is 13.0 Å². The van der Waals surface area contributed by atoms with Gasteiger partial charge in [-0.25, -0.2) is 0 Å². The third-order valence-electron chi connectivity index (χ3n) is 1.92. The molecule has 1 nitrogen and oxygen atoms in total. The third-order valence-corrected chi connectivity index (χ3v) is 2.41. The standard InChI is InChI=1S/C10H11BrF3N/c1-6(15)4-7-2-3-8(11)5-9(7)10(12,13)14/h2-3,5-6H,4,15H2,1H3. The van der Waals surface area contributed by atoms with E-state index in [2.05, 4.69) is 15.9 Å². The Labute approximate surface area is 94.6 Å². The zero-order valence-corrected chi connectivity index (χ0v) is 9.69. The molecule has 0 saturated carbocycles. The second kappa shape index (κ2) is 4.53. The molecule has 0 fully saturated rings. The second-order valence-corrected chi connectivity index (χ2v) is 4.40. The molecule has 0 aromatic heterocycles. The zero-order valence-electron chi connectivity index (χ0n) is 8.11. The Morgan fingerprint density at radius 3 is 2.47 bits per heavy atom. The van der Waals surface area contributed by atoms with Gasteiger partial charge in [0.05, 0.1) is 5.56 Å². The van der Waals surface area contributed by atoms with Crippen molar-refractivity contribution in [3.05, 3.63) is 33.8 Å². The number of benzene rings is 1. The largest absolute Gasteiger partial charge is 0.416 e. The van der Waals surface area contributed by atoms with Crippen molar-refractivity contribution >= 4 is 15.9 Å². The highest BCUT2D eigenvalue weighted by atomic mass is 79.9. The van der Waals surface area contributed by atoms with Crippen LogP contribution >= 0.6 is 15.9 Å². The number of halogens is 4. The van der Waals surface area contributed by atoms with E-state index in [0.29, 0.717) is 4.47 Å². The van der Waals surface area contributed by atoms with Crippen molar-refractivity contribution in [2.75, 3.05) is 0 Å². The van der Waals surface area contributed by atoms with E-state index in [1.807, 2.05) is 0 Å². The molecule has 0 aliphatic heterocycles. The summed E-state index contributed by atoms with van der Waals surface area (Å²) in [4.78, 5) is 0. The lowest BCUT2D eigenvalue weighted by atomic mass is 10.0. The molecule has 15 heavy (non-hydrogen) atoms. The van der Waals surface area contributed by atoms with Gasteiger partial charge in [-0.15, -0.1) is 0 Å². The Morgan fingerprint density at radius 2 is 2.00 bits per heavy atom. The molecule has 0 heterocycles. The van der Waals surface area contributed by atoms with Gasteiger partial charge < -0.3 is 5.73 Å². The molecule has 1 aromatic carbocycles. The van der Waals surface area contributed by atoms with Gasteiger partial charge in [0.1, 0.15) is 0 Å². The minimum absolute atomic E-state index is 0.224. The lowest BCUT2D eigenvalue weighted by Crippen LogP contribution is -2.20. The Bertz CT molecular complexity index is 347. The maximum atomic E-state index is 12.6. The first-order valence-corrected chi connectivity index (χ1v) is 5.21. The molecule has 0 spiro atoms. The molecule has 0 saturated heterocycles. The number of alkyl halides is 3. The van der Waals surface area contributed by atoms with Gasteiger partial charge in [0, 0.05) is 10.5 Å². The molecule has 0 bridgehead atoms. The number of hydrogen-bond acceptors (Lipinski definition) is 1. The van der Waals surface area contributed by atoms with Crippen molar-refractivity contribution in [1.82, 2.24) is 0 Å². The predicted octanol–water partition coefficient (Wildman–Crippen LogP) is 3.36. The summed E-state index contributed by atoms with van der Waals surface area (Å²) in [6.45, 7) is 1.68. The Morgan fingerprint density at radius 1 is 1.40 bits per heavy atom. The normalized spacial score (nSPS) is 14.0. The molecule has 0 aliphatic rings. The van der Waals surface area contributed by atoms with Crippen molar-refractivity contribution < 1.29 is 13.2 Å². The van der Waals surface area contributed by atoms with Crippen molar-refractivity contribution in [2.24, 2.45) is 5.73 Å². The molecule has 84 valence electrons. The third kappa shape index (κ3) is 3.50. The van der Waals surface area contributed by atoms with E-state index in [1.165, 1.54) is 6.07 Å². The summed E-state index contributed by atoms with van der Waals surface area (Å²) in [6, 6.07) is 3.84. The summed E-state index contributed by atoms with van der Waals surface area (Å²) in [5, 5.41) is 0. The predicted molar refractivity (Wildman–Crippen MR) is 56.5 cm³/mol. The maximum absolute atomic E-state index is 12.6. The van der Waals surface area contributed by atoms with Crippen LogP contribution in [0.5, 0.6) is 0 Å². The molecule has 1 unspecified atom stereocenters. The first kappa shape index (κ1) is 12.5. The quantitative estimate of drug-likeness (QED) is 0.884. The number of rotatable bonds is 2. The molecule has 0 amide bonds. The van der Waals surface area contributed by atoms with Crippen LogP contribution in [-0.4, -0.2) is 6.04 Å². The van der Waals surface area contributed by atoms with Crippen LogP contribution in [0.25, 0.3) is 0 Å². The summed E-state index contributed by atoms with van der Waals surface area (Å²) >= 11 is 3.02. The average molecular weight is 282 g/mol. The van der Waals surface area contributed by atoms with E-state index < -0.39 is 11.7 Å². The zero-order chi connectivity index (χ0) is 11.6. The van der Waals surface area contributed by atoms with Crippen molar-refractivity contribution in [1.29, 1.82) is 0 Å². The van der Waals surface area contributed by atoms with E-state index in [0.717, 1.165) is 6.07 Å². The van der Waals surface area contributed by atoms with Crippen LogP contribution in [-0.2, 0) is 12.6 Å². The molecule has 5 heteroatoms. The second-order valence-electron chi connectivity index (χ2n) is 3.48. The molecular formula is C10H11BrF3N. The smallest absolute Gasteiger partial charge is 0.328 e. The fourth-order valence-electron chi connectivity index (χ4n) is 1.34. The van der Waals surface area contributed by atoms with E-state index >= 15 is 0 Å². The fraction of sp³-hybridized carbons (Fsp3) is 0.400. The Balaban J connectivity index is 3.15. The monoisotopic (exact) mass is 281 g/mol. The maximum Gasteiger partial charge on any atom is 0.416 e. The van der Waals surface area contributed by atoms with Gasteiger partial charge in [-0.2, -0.15) is 13.2 Å². The van der Waals surface area contributed by atoms with E-state index in [9.17, 15) is 13.2 Å². The SMILES string of the molecule is CC(N)Cc1ccc(Br)cc1C(F)(F)F. The van der Waals surface area contributed by atoms with Gasteiger partial charge in [0.2, 0.25) is 0 Å². The van der Waals surface area contributed by atoms with Crippen molar-refractivity contribution in [3.8, 4) is 0 Å². The fourth-order valence-corrected chi connectivity index (χ4v) is 1.70. The topological polar surface area (TPSA) is 26.0 Å². The molecule has 1 rings (SSSR count). The lowest BCUT2D eigenvalue weighted by molar-refractivity contribution is -0.138. The van der Waals surface area contributed by atoms with Crippen LogP contribution in [0.2, 0.25) is 0 Å². The Hall–Kier alpha value is -0.550. The molecule has 1 aromatic rings. The van der Waals surface area contributed by atoms with Crippen LogP contribution in [0, 0.1) is 0 Å². The first-order valence-electron chi connectivity index (χ1n) is 4.42. The van der Waals surface area contributed by atoms with Crippen LogP contribution in [0.4, 0.5) is 13.2 Å². The van der Waals surface area contributed by atoms with E-state index in [-0.39, 0.29) is 18.0 Å². The average Bonchev–Trinajstić information content (AvgIpc) is 2.05. The highest BCUT2D eigenvalue weighted by Crippen LogP contribution is 2.34. The van der Waals surface area contributed by atoms with Crippen LogP contribution in [0.15, 0.2) is 22.7 Å². The summed E-state index contributed by atoms with van der Waals surface area (Å²) in [5.41, 5.74) is 5.12. The highest BCUT2D eigenvalue weighted by Gasteiger charge is 2.33. The minimum Gasteiger partial charge on any atom is -0.328 e. The molecule has 0 aliphatic carbocycles. The van der Waals surface area contributed by atoms with Gasteiger partial charge in [-0.1, -0.05) is 22.0 Å². The molecule has 2 N–H and O–H groups in total. The van der Waals surface area contributed by atoms with Gasteiger partial charge in [-0.05, 0) is 31.0 Å². The number of nitrogens with two attached hydrogens (primary N) is 1. The summed E-state index contributed by atoms with van der Waals surface area (Å²) in [6.07, 6.45) is -4.10. The summed E-state index contributed by atoms with van der Waals surface area (Å²) in [5.74, 6) is 0. The minimum atomic E-state index is -4.33. The Kier molecular flexibility index (Phi) is 3.78. The van der Waals surface area contributed by atoms with Crippen LogP contribution < -0.4 is 5.73 Å². The van der Waals surface area contributed by atoms with E-state index in [4.69, 9.17) is 5.73 Å². The summed E-state index contributed by atoms with van der Waals surface area (Å²) in [7, 11) is 0. The van der Waals surface area contributed by atoms with Crippen LogP contribution in [0.1, 0.15) is 18.1 Å². The molecule has 0 radical (unpaired) electrons. The lowest BCUT2D eigenvalue weighted by Gasteiger charge is -2.14. The van der Waals surface area contributed by atoms with Crippen molar-refractivity contribution in [3.63, 3.8) is 0 Å². The van der Waals surface area contributed by atoms with Gasteiger partial charge in [-0.3, -0.25) is 0 Å². The highest BCUT2D eigenvalue weighted by molar-refractivity contribution is 9.10. The van der Waals surface area contributed by atoms with Gasteiger partial charge in [0.25, 0.3) is 0 Å². The van der Waals surface area contributed by atoms with Crippen LogP contribution in [0.3, 0.4) is 0 Å². The summed E-state index contributed by atoms with van der Waals surface area (Å²) < 4.78 is 38.3. The molecular weight excluding hydrogens is 271 g/mol. The van der Waals surface area contributed by atoms with Gasteiger partial charge >= 0.3 is 6.18 Å².